The molecule has 1 saturated heterocycles. The van der Waals surface area contributed by atoms with Gasteiger partial charge in [-0.15, -0.1) is 12.6 Å². The van der Waals surface area contributed by atoms with Crippen molar-refractivity contribution in [1.82, 2.24) is 19.4 Å². The van der Waals surface area contributed by atoms with Crippen LogP contribution in [0.4, 0.5) is 5.95 Å². The van der Waals surface area contributed by atoms with E-state index in [1.165, 1.54) is 25.7 Å². The summed E-state index contributed by atoms with van der Waals surface area (Å²) in [6.45, 7) is 4.39. The summed E-state index contributed by atoms with van der Waals surface area (Å²) >= 11 is 4.37. The van der Waals surface area contributed by atoms with E-state index >= 15 is 0 Å². The Morgan fingerprint density at radius 1 is 1.12 bits per heavy atom. The molecule has 1 aliphatic rings. The van der Waals surface area contributed by atoms with Crippen molar-refractivity contribution in [2.24, 2.45) is 5.92 Å². The molecule has 0 saturated carbocycles. The average molecular weight is 353 g/mol. The van der Waals surface area contributed by atoms with Crippen molar-refractivity contribution in [2.75, 3.05) is 18.0 Å². The summed E-state index contributed by atoms with van der Waals surface area (Å²) in [6, 6.07) is 3.90. The lowest BCUT2D eigenvalue weighted by molar-refractivity contribution is 0.376. The van der Waals surface area contributed by atoms with Crippen LogP contribution < -0.4 is 4.90 Å². The second kappa shape index (κ2) is 7.04. The number of aromatic nitrogens is 4. The molecule has 0 spiro atoms. The second-order valence-corrected chi connectivity index (χ2v) is 7.29. The molecule has 6 heteroatoms. The maximum atomic E-state index is 4.63. The van der Waals surface area contributed by atoms with Gasteiger partial charge in [-0.3, -0.25) is 0 Å². The lowest BCUT2D eigenvalue weighted by Gasteiger charge is -2.31. The van der Waals surface area contributed by atoms with Gasteiger partial charge in [0.2, 0.25) is 5.95 Å². The van der Waals surface area contributed by atoms with E-state index in [0.29, 0.717) is 0 Å². The highest BCUT2D eigenvalue weighted by atomic mass is 32.1. The van der Waals surface area contributed by atoms with Gasteiger partial charge in [0, 0.05) is 48.3 Å². The van der Waals surface area contributed by atoms with Crippen molar-refractivity contribution in [3.63, 3.8) is 0 Å². The highest BCUT2D eigenvalue weighted by molar-refractivity contribution is 7.80. The summed E-state index contributed by atoms with van der Waals surface area (Å²) in [6.07, 6.45) is 12.8. The Labute approximate surface area is 153 Å². The number of imidazole rings is 1. The summed E-state index contributed by atoms with van der Waals surface area (Å²) in [5, 5.41) is 0. The Bertz CT molecular complexity index is 850. The number of hydrogen-bond acceptors (Lipinski definition) is 5. The summed E-state index contributed by atoms with van der Waals surface area (Å²) < 4.78 is 1.98. The van der Waals surface area contributed by atoms with Gasteiger partial charge < -0.3 is 9.30 Å². The van der Waals surface area contributed by atoms with Crippen LogP contribution in [0.5, 0.6) is 0 Å². The molecule has 0 N–H and O–H groups in total. The minimum absolute atomic E-state index is 0.833. The molecule has 4 rings (SSSR count). The minimum atomic E-state index is 0.833. The van der Waals surface area contributed by atoms with E-state index in [9.17, 15) is 0 Å². The maximum Gasteiger partial charge on any atom is 0.225 e. The third-order valence-corrected chi connectivity index (χ3v) is 5.23. The van der Waals surface area contributed by atoms with Crippen LogP contribution in [0.25, 0.3) is 16.9 Å². The Morgan fingerprint density at radius 2 is 1.88 bits per heavy atom. The largest absolute Gasteiger partial charge is 0.341 e. The van der Waals surface area contributed by atoms with Gasteiger partial charge in [-0.1, -0.05) is 19.8 Å². The Balaban J connectivity index is 1.49. The molecule has 25 heavy (non-hydrogen) atoms. The van der Waals surface area contributed by atoms with Gasteiger partial charge in [-0.25, -0.2) is 15.0 Å². The molecule has 1 fully saturated rings. The molecule has 1 aliphatic heterocycles. The van der Waals surface area contributed by atoms with E-state index in [1.807, 2.05) is 41.3 Å². The number of rotatable bonds is 4. The lowest BCUT2D eigenvalue weighted by atomic mass is 9.93. The molecule has 0 radical (unpaired) electrons. The first kappa shape index (κ1) is 16.4. The highest BCUT2D eigenvalue weighted by Crippen LogP contribution is 2.25. The number of fused-ring (bicyclic) bond motifs is 1. The number of anilines is 1. The van der Waals surface area contributed by atoms with Crippen LogP contribution in [0.2, 0.25) is 0 Å². The molecular weight excluding hydrogens is 330 g/mol. The monoisotopic (exact) mass is 353 g/mol. The standard InChI is InChI=1S/C19H23N5S/c1-2-3-14-6-8-23(9-7-14)19-20-10-15(11-21-19)17-13-24-12-16(25)4-5-18(24)22-17/h4-5,10-14,25H,2-3,6-9H2,1H3. The third kappa shape index (κ3) is 3.49. The van der Waals surface area contributed by atoms with Crippen molar-refractivity contribution in [3.05, 3.63) is 36.9 Å². The molecule has 0 aliphatic carbocycles. The Kier molecular flexibility index (Phi) is 4.61. The molecule has 0 amide bonds. The van der Waals surface area contributed by atoms with Crippen LogP contribution in [-0.2, 0) is 0 Å². The van der Waals surface area contributed by atoms with Crippen molar-refractivity contribution in [1.29, 1.82) is 0 Å². The van der Waals surface area contributed by atoms with Crippen LogP contribution in [0.3, 0.4) is 0 Å². The molecule has 130 valence electrons. The normalized spacial score (nSPS) is 15.8. The number of thiol groups is 1. The van der Waals surface area contributed by atoms with Crippen molar-refractivity contribution in [3.8, 4) is 11.3 Å². The molecule has 3 aromatic heterocycles. The van der Waals surface area contributed by atoms with Crippen molar-refractivity contribution < 1.29 is 0 Å². The summed E-state index contributed by atoms with van der Waals surface area (Å²) in [7, 11) is 0. The van der Waals surface area contributed by atoms with Gasteiger partial charge in [0.1, 0.15) is 5.65 Å². The number of piperidine rings is 1. The van der Waals surface area contributed by atoms with E-state index in [-0.39, 0.29) is 0 Å². The van der Waals surface area contributed by atoms with Crippen LogP contribution in [-0.4, -0.2) is 32.4 Å². The van der Waals surface area contributed by atoms with Crippen LogP contribution in [0, 0.1) is 5.92 Å². The average Bonchev–Trinajstić information content (AvgIpc) is 3.06. The van der Waals surface area contributed by atoms with E-state index in [4.69, 9.17) is 0 Å². The quantitative estimate of drug-likeness (QED) is 0.718. The van der Waals surface area contributed by atoms with Gasteiger partial charge in [0.05, 0.1) is 5.69 Å². The maximum absolute atomic E-state index is 4.63. The van der Waals surface area contributed by atoms with Gasteiger partial charge >= 0.3 is 0 Å². The molecule has 5 nitrogen and oxygen atoms in total. The van der Waals surface area contributed by atoms with Crippen LogP contribution in [0.1, 0.15) is 32.6 Å². The smallest absolute Gasteiger partial charge is 0.225 e. The topological polar surface area (TPSA) is 46.3 Å². The first-order chi connectivity index (χ1) is 12.2. The van der Waals surface area contributed by atoms with Gasteiger partial charge in [0.15, 0.2) is 0 Å². The number of nitrogens with zero attached hydrogens (tertiary/aromatic N) is 5. The summed E-state index contributed by atoms with van der Waals surface area (Å²) in [5.41, 5.74) is 2.72. The SMILES string of the molecule is CCCC1CCN(c2ncc(-c3cn4cc(S)ccc4n3)cn2)CC1. The minimum Gasteiger partial charge on any atom is -0.341 e. The molecular formula is C19H23N5S. The Morgan fingerprint density at radius 3 is 2.60 bits per heavy atom. The third-order valence-electron chi connectivity index (χ3n) is 4.96. The first-order valence-corrected chi connectivity index (χ1v) is 9.42. The van der Waals surface area contributed by atoms with Crippen molar-refractivity contribution >= 4 is 24.2 Å². The first-order valence-electron chi connectivity index (χ1n) is 8.98. The number of hydrogen-bond donors (Lipinski definition) is 1. The highest BCUT2D eigenvalue weighted by Gasteiger charge is 2.20. The molecule has 0 unspecified atom stereocenters. The van der Waals surface area contributed by atoms with Crippen molar-refractivity contribution in [2.45, 2.75) is 37.5 Å². The van der Waals surface area contributed by atoms with Gasteiger partial charge in [-0.2, -0.15) is 0 Å². The number of pyridine rings is 1. The molecule has 0 atom stereocenters. The van der Waals surface area contributed by atoms with E-state index in [2.05, 4.69) is 39.4 Å². The van der Waals surface area contributed by atoms with E-state index in [0.717, 1.165) is 46.8 Å². The van der Waals surface area contributed by atoms with Gasteiger partial charge in [0.25, 0.3) is 0 Å². The molecule has 4 heterocycles. The zero-order valence-corrected chi connectivity index (χ0v) is 15.4. The van der Waals surface area contributed by atoms with E-state index < -0.39 is 0 Å². The second-order valence-electron chi connectivity index (χ2n) is 6.77. The molecule has 0 aromatic carbocycles. The summed E-state index contributed by atoms with van der Waals surface area (Å²) in [4.78, 5) is 17.0. The fraction of sp³-hybridized carbons (Fsp3) is 0.421. The molecule has 3 aromatic rings. The predicted molar refractivity (Wildman–Crippen MR) is 103 cm³/mol. The van der Waals surface area contributed by atoms with E-state index in [1.54, 1.807) is 0 Å². The lowest BCUT2D eigenvalue weighted by Crippen LogP contribution is -2.34. The predicted octanol–water partition coefficient (Wildman–Crippen LogP) is 4.10. The zero-order valence-electron chi connectivity index (χ0n) is 14.5. The Hall–Kier alpha value is -2.08. The fourth-order valence-electron chi connectivity index (χ4n) is 3.57. The summed E-state index contributed by atoms with van der Waals surface area (Å²) in [5.74, 6) is 1.70. The van der Waals surface area contributed by atoms with Gasteiger partial charge in [-0.05, 0) is 30.9 Å². The van der Waals surface area contributed by atoms with Crippen LogP contribution in [0.15, 0.2) is 41.8 Å². The fourth-order valence-corrected chi connectivity index (χ4v) is 3.76. The molecule has 0 bridgehead atoms. The zero-order chi connectivity index (χ0) is 17.2. The van der Waals surface area contributed by atoms with Crippen LogP contribution >= 0.6 is 12.6 Å².